The van der Waals surface area contributed by atoms with Gasteiger partial charge in [0, 0.05) is 26.2 Å². The summed E-state index contributed by atoms with van der Waals surface area (Å²) in [6.45, 7) is 2.20. The van der Waals surface area contributed by atoms with Crippen LogP contribution in [-0.4, -0.2) is 59.6 Å². The molecule has 1 saturated heterocycles. The van der Waals surface area contributed by atoms with Crippen molar-refractivity contribution < 1.29 is 14.7 Å². The summed E-state index contributed by atoms with van der Waals surface area (Å²) in [7, 11) is 0. The zero-order chi connectivity index (χ0) is 19.8. The number of nitrogens with one attached hydrogen (secondary N) is 2. The van der Waals surface area contributed by atoms with Crippen molar-refractivity contribution in [2.75, 3.05) is 26.2 Å². The van der Waals surface area contributed by atoms with Gasteiger partial charge in [-0.25, -0.2) is 0 Å². The maximum absolute atomic E-state index is 12.4. The lowest BCUT2D eigenvalue weighted by atomic mass is 9.85. The second-order valence-electron chi connectivity index (χ2n) is 7.88. The van der Waals surface area contributed by atoms with E-state index in [1.54, 1.807) is 0 Å². The van der Waals surface area contributed by atoms with Crippen LogP contribution < -0.4 is 10.6 Å². The number of benzene rings is 1. The maximum atomic E-state index is 12.4. The van der Waals surface area contributed by atoms with Crippen molar-refractivity contribution in [2.24, 2.45) is 0 Å². The standard InChI is InChI=1S/C22H31N3O3/c26-20(24-17-22(28)11-5-2-6-12-22)16-19-21(27)23-13-15-25(19)14-7-10-18-8-3-1-4-9-18/h1,3-4,7-10,19,28H,2,5-6,11-17H2,(H,23,27)(H,24,26)/b10-7+. The number of aliphatic hydroxyl groups is 1. The quantitative estimate of drug-likeness (QED) is 0.667. The normalized spacial score (nSPS) is 22.8. The molecule has 2 fully saturated rings. The molecule has 6 nitrogen and oxygen atoms in total. The summed E-state index contributed by atoms with van der Waals surface area (Å²) < 4.78 is 0. The van der Waals surface area contributed by atoms with Gasteiger partial charge in [0.25, 0.3) is 0 Å². The van der Waals surface area contributed by atoms with Crippen molar-refractivity contribution in [1.82, 2.24) is 15.5 Å². The first-order valence-corrected chi connectivity index (χ1v) is 10.3. The molecule has 2 aliphatic rings. The van der Waals surface area contributed by atoms with Crippen LogP contribution in [0.3, 0.4) is 0 Å². The molecule has 152 valence electrons. The molecule has 3 N–H and O–H groups in total. The number of rotatable bonds is 7. The van der Waals surface area contributed by atoms with E-state index in [9.17, 15) is 14.7 Å². The zero-order valence-electron chi connectivity index (χ0n) is 16.4. The molecule has 0 aromatic heterocycles. The number of hydrogen-bond donors (Lipinski definition) is 3. The fraction of sp³-hybridized carbons (Fsp3) is 0.545. The van der Waals surface area contributed by atoms with Crippen molar-refractivity contribution in [1.29, 1.82) is 0 Å². The van der Waals surface area contributed by atoms with E-state index in [0.717, 1.165) is 37.7 Å². The minimum absolute atomic E-state index is 0.106. The number of amides is 2. The highest BCUT2D eigenvalue weighted by Gasteiger charge is 2.33. The van der Waals surface area contributed by atoms with E-state index in [4.69, 9.17) is 0 Å². The predicted octanol–water partition coefficient (Wildman–Crippen LogP) is 1.70. The molecule has 28 heavy (non-hydrogen) atoms. The van der Waals surface area contributed by atoms with Crippen LogP contribution in [0.2, 0.25) is 0 Å². The molecule has 1 aliphatic carbocycles. The SMILES string of the molecule is O=C(CC1C(=O)NCCN1C/C=C/c1ccccc1)NCC1(O)CCCCC1. The minimum atomic E-state index is -0.791. The van der Waals surface area contributed by atoms with Gasteiger partial charge in [-0.2, -0.15) is 0 Å². The van der Waals surface area contributed by atoms with Gasteiger partial charge in [0.05, 0.1) is 18.1 Å². The van der Waals surface area contributed by atoms with Crippen molar-refractivity contribution in [3.8, 4) is 0 Å². The van der Waals surface area contributed by atoms with Crippen molar-refractivity contribution in [3.63, 3.8) is 0 Å². The maximum Gasteiger partial charge on any atom is 0.237 e. The predicted molar refractivity (Wildman–Crippen MR) is 110 cm³/mol. The van der Waals surface area contributed by atoms with Gasteiger partial charge in [0.15, 0.2) is 0 Å². The highest BCUT2D eigenvalue weighted by Crippen LogP contribution is 2.27. The lowest BCUT2D eigenvalue weighted by Crippen LogP contribution is -2.56. The lowest BCUT2D eigenvalue weighted by Gasteiger charge is -2.35. The molecular weight excluding hydrogens is 354 g/mol. The molecular formula is C22H31N3O3. The highest BCUT2D eigenvalue weighted by molar-refractivity contribution is 5.88. The van der Waals surface area contributed by atoms with Gasteiger partial charge in [-0.05, 0) is 18.4 Å². The molecule has 1 aromatic rings. The van der Waals surface area contributed by atoms with Gasteiger partial charge in [0.1, 0.15) is 0 Å². The number of nitrogens with zero attached hydrogens (tertiary/aromatic N) is 1. The Morgan fingerprint density at radius 1 is 1.25 bits per heavy atom. The fourth-order valence-corrected chi connectivity index (χ4v) is 3.99. The summed E-state index contributed by atoms with van der Waals surface area (Å²) in [5.74, 6) is -0.288. The second kappa shape index (κ2) is 9.85. The molecule has 1 aliphatic heterocycles. The monoisotopic (exact) mass is 385 g/mol. The Balaban J connectivity index is 1.52. The molecule has 1 heterocycles. The van der Waals surface area contributed by atoms with Crippen LogP contribution >= 0.6 is 0 Å². The molecule has 1 saturated carbocycles. The summed E-state index contributed by atoms with van der Waals surface area (Å²) >= 11 is 0. The number of piperazine rings is 1. The average Bonchev–Trinajstić information content (AvgIpc) is 2.70. The van der Waals surface area contributed by atoms with E-state index < -0.39 is 11.6 Å². The Hall–Kier alpha value is -2.18. The Morgan fingerprint density at radius 3 is 2.75 bits per heavy atom. The van der Waals surface area contributed by atoms with Crippen molar-refractivity contribution in [3.05, 3.63) is 42.0 Å². The molecule has 0 radical (unpaired) electrons. The summed E-state index contributed by atoms with van der Waals surface area (Å²) in [6, 6.07) is 9.53. The third-order valence-corrected chi connectivity index (χ3v) is 5.67. The molecule has 6 heteroatoms. The van der Waals surface area contributed by atoms with Gasteiger partial charge < -0.3 is 15.7 Å². The third kappa shape index (κ3) is 5.91. The van der Waals surface area contributed by atoms with Crippen molar-refractivity contribution >= 4 is 17.9 Å². The van der Waals surface area contributed by atoms with Crippen LogP contribution in [0.5, 0.6) is 0 Å². The summed E-state index contributed by atoms with van der Waals surface area (Å²) in [5, 5.41) is 16.2. The number of hydrogen-bond acceptors (Lipinski definition) is 4. The number of carbonyl (C=O) groups excluding carboxylic acids is 2. The largest absolute Gasteiger partial charge is 0.388 e. The van der Waals surface area contributed by atoms with Crippen LogP contribution in [0.4, 0.5) is 0 Å². The Kier molecular flexibility index (Phi) is 7.23. The number of carbonyl (C=O) groups is 2. The minimum Gasteiger partial charge on any atom is -0.388 e. The Labute approximate surface area is 167 Å². The molecule has 3 rings (SSSR count). The first-order chi connectivity index (χ1) is 13.6. The third-order valence-electron chi connectivity index (χ3n) is 5.67. The summed E-state index contributed by atoms with van der Waals surface area (Å²) in [6.07, 6.45) is 8.77. The second-order valence-corrected chi connectivity index (χ2v) is 7.88. The lowest BCUT2D eigenvalue weighted by molar-refractivity contribution is -0.134. The van der Waals surface area contributed by atoms with E-state index >= 15 is 0 Å². The van der Waals surface area contributed by atoms with Crippen LogP contribution in [0.25, 0.3) is 6.08 Å². The molecule has 1 aromatic carbocycles. The van der Waals surface area contributed by atoms with E-state index in [2.05, 4.69) is 10.6 Å². The van der Waals surface area contributed by atoms with Crippen LogP contribution in [0.1, 0.15) is 44.1 Å². The van der Waals surface area contributed by atoms with Crippen LogP contribution in [-0.2, 0) is 9.59 Å². The fourth-order valence-electron chi connectivity index (χ4n) is 3.99. The van der Waals surface area contributed by atoms with Gasteiger partial charge in [-0.1, -0.05) is 61.7 Å². The van der Waals surface area contributed by atoms with E-state index in [1.807, 2.05) is 47.4 Å². The average molecular weight is 386 g/mol. The van der Waals surface area contributed by atoms with Gasteiger partial charge in [0.2, 0.25) is 11.8 Å². The first kappa shape index (κ1) is 20.6. The van der Waals surface area contributed by atoms with Crippen LogP contribution in [0, 0.1) is 0 Å². The topological polar surface area (TPSA) is 81.7 Å². The van der Waals surface area contributed by atoms with E-state index in [-0.39, 0.29) is 24.8 Å². The zero-order valence-corrected chi connectivity index (χ0v) is 16.4. The van der Waals surface area contributed by atoms with Gasteiger partial charge in [-0.15, -0.1) is 0 Å². The molecule has 0 spiro atoms. The van der Waals surface area contributed by atoms with Gasteiger partial charge >= 0.3 is 0 Å². The molecule has 2 amide bonds. The van der Waals surface area contributed by atoms with Crippen molar-refractivity contribution in [2.45, 2.75) is 50.2 Å². The van der Waals surface area contributed by atoms with Gasteiger partial charge in [-0.3, -0.25) is 14.5 Å². The highest BCUT2D eigenvalue weighted by atomic mass is 16.3. The van der Waals surface area contributed by atoms with E-state index in [1.165, 1.54) is 0 Å². The summed E-state index contributed by atoms with van der Waals surface area (Å²) in [5.41, 5.74) is 0.319. The Bertz CT molecular complexity index is 684. The molecule has 0 bridgehead atoms. The summed E-state index contributed by atoms with van der Waals surface area (Å²) in [4.78, 5) is 26.8. The Morgan fingerprint density at radius 2 is 2.00 bits per heavy atom. The van der Waals surface area contributed by atoms with Crippen LogP contribution in [0.15, 0.2) is 36.4 Å². The smallest absolute Gasteiger partial charge is 0.237 e. The first-order valence-electron chi connectivity index (χ1n) is 10.3. The molecule has 1 atom stereocenters. The van der Waals surface area contributed by atoms with E-state index in [0.29, 0.717) is 19.6 Å². The molecule has 1 unspecified atom stereocenters.